The van der Waals surface area contributed by atoms with Gasteiger partial charge in [0.15, 0.2) is 0 Å². The van der Waals surface area contributed by atoms with Crippen molar-refractivity contribution in [3.8, 4) is 0 Å². The van der Waals surface area contributed by atoms with E-state index in [0.29, 0.717) is 5.56 Å². The van der Waals surface area contributed by atoms with Crippen molar-refractivity contribution in [1.82, 2.24) is 4.98 Å². The molecule has 0 fully saturated rings. The number of carboxylic acids is 1. The number of pyridine rings is 1. The van der Waals surface area contributed by atoms with Crippen LogP contribution in [0.4, 0.5) is 0 Å². The summed E-state index contributed by atoms with van der Waals surface area (Å²) in [5.41, 5.74) is 1.24. The predicted molar refractivity (Wildman–Crippen MR) is 54.4 cm³/mol. The highest BCUT2D eigenvalue weighted by molar-refractivity contribution is 5.88. The summed E-state index contributed by atoms with van der Waals surface area (Å²) in [7, 11) is 0. The minimum atomic E-state index is -0.905. The lowest BCUT2D eigenvalue weighted by molar-refractivity contribution is 0.0695. The summed E-state index contributed by atoms with van der Waals surface area (Å²) in [6.07, 6.45) is 3.79. The van der Waals surface area contributed by atoms with Gasteiger partial charge in [0.05, 0.1) is 5.56 Å². The van der Waals surface area contributed by atoms with Crippen molar-refractivity contribution in [2.45, 2.75) is 27.2 Å². The summed E-state index contributed by atoms with van der Waals surface area (Å²) >= 11 is 0. The number of aromatic nitrogens is 1. The molecule has 0 radical (unpaired) electrons. The van der Waals surface area contributed by atoms with Crippen molar-refractivity contribution in [1.29, 1.82) is 0 Å². The van der Waals surface area contributed by atoms with Crippen LogP contribution in [-0.2, 0) is 6.42 Å². The molecule has 1 N–H and O–H groups in total. The van der Waals surface area contributed by atoms with Crippen LogP contribution in [0, 0.1) is 5.41 Å². The van der Waals surface area contributed by atoms with Crippen LogP contribution >= 0.6 is 0 Å². The van der Waals surface area contributed by atoms with Gasteiger partial charge in [-0.3, -0.25) is 4.98 Å². The molecule has 3 nitrogen and oxygen atoms in total. The van der Waals surface area contributed by atoms with Crippen molar-refractivity contribution in [2.75, 3.05) is 0 Å². The van der Waals surface area contributed by atoms with Gasteiger partial charge in [-0.1, -0.05) is 20.8 Å². The first-order chi connectivity index (χ1) is 6.40. The molecule has 0 atom stereocenters. The van der Waals surface area contributed by atoms with Crippen molar-refractivity contribution in [3.63, 3.8) is 0 Å². The molecule has 0 aliphatic heterocycles. The molecular formula is C11H15NO2. The Morgan fingerprint density at radius 3 is 2.64 bits per heavy atom. The molecule has 0 bridgehead atoms. The zero-order chi connectivity index (χ0) is 10.8. The number of hydrogen-bond acceptors (Lipinski definition) is 2. The fraction of sp³-hybridized carbons (Fsp3) is 0.455. The van der Waals surface area contributed by atoms with Crippen LogP contribution in [0.1, 0.15) is 36.7 Å². The van der Waals surface area contributed by atoms with Crippen LogP contribution in [0.3, 0.4) is 0 Å². The smallest absolute Gasteiger partial charge is 0.337 e. The first kappa shape index (κ1) is 10.7. The summed E-state index contributed by atoms with van der Waals surface area (Å²) < 4.78 is 0. The summed E-state index contributed by atoms with van der Waals surface area (Å²) in [4.78, 5) is 14.7. The van der Waals surface area contributed by atoms with E-state index < -0.39 is 5.97 Å². The minimum Gasteiger partial charge on any atom is -0.478 e. The molecule has 0 aromatic carbocycles. The molecule has 14 heavy (non-hydrogen) atoms. The van der Waals surface area contributed by atoms with Gasteiger partial charge in [0, 0.05) is 12.4 Å². The van der Waals surface area contributed by atoms with Crippen LogP contribution in [0.25, 0.3) is 0 Å². The number of carboxylic acid groups (broad SMARTS) is 1. The molecule has 0 saturated heterocycles. The van der Waals surface area contributed by atoms with E-state index in [0.717, 1.165) is 12.0 Å². The number of rotatable bonds is 2. The van der Waals surface area contributed by atoms with Gasteiger partial charge in [0.2, 0.25) is 0 Å². The van der Waals surface area contributed by atoms with E-state index in [-0.39, 0.29) is 5.41 Å². The lowest BCUT2D eigenvalue weighted by atomic mass is 9.87. The van der Waals surface area contributed by atoms with Gasteiger partial charge in [0.25, 0.3) is 0 Å². The maximum absolute atomic E-state index is 10.9. The van der Waals surface area contributed by atoms with Crippen molar-refractivity contribution in [2.24, 2.45) is 5.41 Å². The topological polar surface area (TPSA) is 50.2 Å². The number of hydrogen-bond donors (Lipinski definition) is 1. The Kier molecular flexibility index (Phi) is 2.89. The van der Waals surface area contributed by atoms with Crippen LogP contribution < -0.4 is 0 Å². The summed E-state index contributed by atoms with van der Waals surface area (Å²) in [6, 6.07) is 1.77. The van der Waals surface area contributed by atoms with Crippen molar-refractivity contribution >= 4 is 5.97 Å². The normalized spacial score (nSPS) is 11.4. The molecule has 1 rings (SSSR count). The van der Waals surface area contributed by atoms with Crippen molar-refractivity contribution < 1.29 is 9.90 Å². The molecule has 0 aliphatic rings. The number of aromatic carboxylic acids is 1. The lowest BCUT2D eigenvalue weighted by Crippen LogP contribution is -2.13. The molecule has 1 heterocycles. The Balaban J connectivity index is 3.02. The molecule has 1 aromatic rings. The van der Waals surface area contributed by atoms with Crippen molar-refractivity contribution in [3.05, 3.63) is 29.6 Å². The first-order valence-electron chi connectivity index (χ1n) is 4.56. The maximum atomic E-state index is 10.9. The molecule has 0 aliphatic carbocycles. The third-order valence-electron chi connectivity index (χ3n) is 1.86. The van der Waals surface area contributed by atoms with Gasteiger partial charge in [-0.05, 0) is 23.5 Å². The average Bonchev–Trinajstić information content (AvgIpc) is 2.01. The van der Waals surface area contributed by atoms with E-state index in [1.165, 1.54) is 6.20 Å². The molecule has 0 saturated carbocycles. The maximum Gasteiger partial charge on any atom is 0.337 e. The van der Waals surface area contributed by atoms with Gasteiger partial charge in [-0.2, -0.15) is 0 Å². The zero-order valence-corrected chi connectivity index (χ0v) is 8.74. The monoisotopic (exact) mass is 193 g/mol. The Morgan fingerprint density at radius 1 is 1.50 bits per heavy atom. The second-order valence-electron chi connectivity index (χ2n) is 4.58. The van der Waals surface area contributed by atoms with E-state index in [2.05, 4.69) is 25.8 Å². The van der Waals surface area contributed by atoms with Gasteiger partial charge in [-0.15, -0.1) is 0 Å². The highest BCUT2D eigenvalue weighted by Crippen LogP contribution is 2.22. The first-order valence-corrected chi connectivity index (χ1v) is 4.56. The Morgan fingerprint density at radius 2 is 2.14 bits per heavy atom. The van der Waals surface area contributed by atoms with Gasteiger partial charge in [0.1, 0.15) is 0 Å². The molecule has 76 valence electrons. The van der Waals surface area contributed by atoms with Crippen LogP contribution in [0.5, 0.6) is 0 Å². The second-order valence-corrected chi connectivity index (χ2v) is 4.58. The third kappa shape index (κ3) is 2.83. The van der Waals surface area contributed by atoms with E-state index in [9.17, 15) is 4.79 Å². The highest BCUT2D eigenvalue weighted by Gasteiger charge is 2.16. The molecule has 0 amide bonds. The van der Waals surface area contributed by atoms with E-state index in [1.54, 1.807) is 12.3 Å². The lowest BCUT2D eigenvalue weighted by Gasteiger charge is -2.18. The average molecular weight is 193 g/mol. The standard InChI is InChI=1S/C11H15NO2/c1-11(2,3)6-8-4-5-12-7-9(8)10(13)14/h4-5,7H,6H2,1-3H3,(H,13,14). The van der Waals surface area contributed by atoms with Gasteiger partial charge in [-0.25, -0.2) is 4.79 Å². The van der Waals surface area contributed by atoms with Crippen LogP contribution in [0.2, 0.25) is 0 Å². The molecule has 3 heteroatoms. The van der Waals surface area contributed by atoms with Gasteiger partial charge < -0.3 is 5.11 Å². The molecule has 0 unspecified atom stereocenters. The molecular weight excluding hydrogens is 178 g/mol. The van der Waals surface area contributed by atoms with Crippen LogP contribution in [0.15, 0.2) is 18.5 Å². The fourth-order valence-corrected chi connectivity index (χ4v) is 1.34. The summed E-state index contributed by atoms with van der Waals surface area (Å²) in [5, 5.41) is 8.92. The van der Waals surface area contributed by atoms with E-state index in [1.807, 2.05) is 0 Å². The Bertz CT molecular complexity index is 339. The molecule has 1 aromatic heterocycles. The largest absolute Gasteiger partial charge is 0.478 e. The Labute approximate surface area is 83.8 Å². The van der Waals surface area contributed by atoms with Crippen LogP contribution in [-0.4, -0.2) is 16.1 Å². The quantitative estimate of drug-likeness (QED) is 0.784. The van der Waals surface area contributed by atoms with E-state index >= 15 is 0 Å². The SMILES string of the molecule is CC(C)(C)Cc1ccncc1C(=O)O. The second kappa shape index (κ2) is 3.78. The third-order valence-corrected chi connectivity index (χ3v) is 1.86. The summed E-state index contributed by atoms with van der Waals surface area (Å²) in [5.74, 6) is -0.905. The summed E-state index contributed by atoms with van der Waals surface area (Å²) in [6.45, 7) is 6.25. The fourth-order valence-electron chi connectivity index (χ4n) is 1.34. The van der Waals surface area contributed by atoms with E-state index in [4.69, 9.17) is 5.11 Å². The zero-order valence-electron chi connectivity index (χ0n) is 8.74. The Hall–Kier alpha value is -1.38. The minimum absolute atomic E-state index is 0.0888. The highest BCUT2D eigenvalue weighted by atomic mass is 16.4. The predicted octanol–water partition coefficient (Wildman–Crippen LogP) is 2.37. The molecule has 0 spiro atoms. The number of carbonyl (C=O) groups is 1. The number of nitrogens with zero attached hydrogens (tertiary/aromatic N) is 1. The van der Waals surface area contributed by atoms with Gasteiger partial charge >= 0.3 is 5.97 Å².